The van der Waals surface area contributed by atoms with Crippen molar-refractivity contribution in [3.05, 3.63) is 10.1 Å². The number of ether oxygens (including phenoxy) is 1. The highest BCUT2D eigenvalue weighted by Crippen LogP contribution is 2.35. The highest BCUT2D eigenvalue weighted by atomic mass is 16.6. The predicted molar refractivity (Wildman–Crippen MR) is 100 cm³/mol. The van der Waals surface area contributed by atoms with Crippen molar-refractivity contribution in [1.29, 1.82) is 0 Å². The van der Waals surface area contributed by atoms with E-state index in [2.05, 4.69) is 28.7 Å². The Kier molecular flexibility index (Phi) is 5.17. The molecule has 9 heteroatoms. The molecule has 1 aromatic rings. The third kappa shape index (κ3) is 3.82. The van der Waals surface area contributed by atoms with Crippen LogP contribution in [-0.4, -0.2) is 53.3 Å². The smallest absolute Gasteiger partial charge is 0.353 e. The zero-order valence-corrected chi connectivity index (χ0v) is 15.9. The van der Waals surface area contributed by atoms with Crippen LogP contribution in [0.15, 0.2) is 0 Å². The first-order valence-corrected chi connectivity index (χ1v) is 9.21. The lowest BCUT2D eigenvalue weighted by molar-refractivity contribution is -0.383. The summed E-state index contributed by atoms with van der Waals surface area (Å²) < 4.78 is 5.75. The molecule has 2 aliphatic heterocycles. The molecule has 26 heavy (non-hydrogen) atoms. The molecule has 2 saturated heterocycles. The van der Waals surface area contributed by atoms with Gasteiger partial charge in [-0.05, 0) is 32.1 Å². The van der Waals surface area contributed by atoms with Crippen LogP contribution in [0.1, 0.15) is 34.1 Å². The summed E-state index contributed by atoms with van der Waals surface area (Å²) in [7, 11) is 0. The summed E-state index contributed by atoms with van der Waals surface area (Å²) in [6, 6.07) is 0. The number of hydrogen-bond acceptors (Lipinski definition) is 8. The maximum Gasteiger partial charge on any atom is 0.353 e. The molecule has 0 amide bonds. The van der Waals surface area contributed by atoms with Gasteiger partial charge < -0.3 is 20.3 Å². The van der Waals surface area contributed by atoms with Crippen LogP contribution in [-0.2, 0) is 4.74 Å². The van der Waals surface area contributed by atoms with Gasteiger partial charge in [0.25, 0.3) is 0 Å². The number of piperidine rings is 1. The quantitative estimate of drug-likeness (QED) is 0.641. The van der Waals surface area contributed by atoms with Gasteiger partial charge in [-0.3, -0.25) is 10.1 Å². The lowest BCUT2D eigenvalue weighted by Crippen LogP contribution is -2.46. The molecule has 3 heterocycles. The monoisotopic (exact) mass is 364 g/mol. The summed E-state index contributed by atoms with van der Waals surface area (Å²) >= 11 is 0. The number of anilines is 3. The van der Waals surface area contributed by atoms with E-state index in [-0.39, 0.29) is 23.7 Å². The maximum absolute atomic E-state index is 11.6. The molecule has 2 aliphatic rings. The minimum atomic E-state index is -0.485. The van der Waals surface area contributed by atoms with E-state index < -0.39 is 4.92 Å². The lowest BCUT2D eigenvalue weighted by atomic mass is 9.92. The molecule has 144 valence electrons. The standard InChI is InChI=1S/C17H28N6O3/c1-10-5-11(2)7-22(6-10)17-19-15(18)14(23(24)25)16(20-17)21-8-12(3)26-13(4)9-21/h10-13H,5-9H2,1-4H3,(H2,18,19,20)/t10-,11-,12-,13-/m1/s1. The van der Waals surface area contributed by atoms with Crippen LogP contribution in [0.5, 0.6) is 0 Å². The van der Waals surface area contributed by atoms with Crippen molar-refractivity contribution in [3.8, 4) is 0 Å². The molecule has 0 aliphatic carbocycles. The number of nitrogens with two attached hydrogens (primary N) is 1. The normalized spacial score (nSPS) is 29.7. The highest BCUT2D eigenvalue weighted by molar-refractivity contribution is 5.71. The summed E-state index contributed by atoms with van der Waals surface area (Å²) in [5.41, 5.74) is 5.78. The molecule has 0 unspecified atom stereocenters. The van der Waals surface area contributed by atoms with Crippen LogP contribution >= 0.6 is 0 Å². The molecule has 1 aromatic heterocycles. The van der Waals surface area contributed by atoms with Gasteiger partial charge in [0.05, 0.1) is 17.1 Å². The zero-order chi connectivity index (χ0) is 19.0. The Hall–Kier alpha value is -2.16. The van der Waals surface area contributed by atoms with Crippen molar-refractivity contribution < 1.29 is 9.66 Å². The lowest BCUT2D eigenvalue weighted by Gasteiger charge is -2.37. The van der Waals surface area contributed by atoms with Gasteiger partial charge in [0.1, 0.15) is 0 Å². The van der Waals surface area contributed by atoms with E-state index in [0.29, 0.717) is 36.7 Å². The van der Waals surface area contributed by atoms with Crippen molar-refractivity contribution in [2.75, 3.05) is 41.7 Å². The average molecular weight is 364 g/mol. The SMILES string of the molecule is C[C@@H]1C[C@@H](C)CN(c2nc(N)c([N+](=O)[O-])c(N3C[C@@H](C)O[C@H](C)C3)n2)C1. The molecule has 0 bridgehead atoms. The van der Waals surface area contributed by atoms with Gasteiger partial charge in [-0.1, -0.05) is 13.8 Å². The fourth-order valence-corrected chi connectivity index (χ4v) is 4.16. The molecule has 2 N–H and O–H groups in total. The van der Waals surface area contributed by atoms with Crippen molar-refractivity contribution in [3.63, 3.8) is 0 Å². The van der Waals surface area contributed by atoms with E-state index in [4.69, 9.17) is 10.5 Å². The maximum atomic E-state index is 11.6. The van der Waals surface area contributed by atoms with E-state index in [1.807, 2.05) is 18.7 Å². The van der Waals surface area contributed by atoms with Crippen LogP contribution in [0.2, 0.25) is 0 Å². The summed E-state index contributed by atoms with van der Waals surface area (Å²) in [6.07, 6.45) is 1.09. The van der Waals surface area contributed by atoms with Crippen LogP contribution in [0, 0.1) is 22.0 Å². The van der Waals surface area contributed by atoms with E-state index in [0.717, 1.165) is 19.5 Å². The number of nitrogens with zero attached hydrogens (tertiary/aromatic N) is 5. The molecule has 0 aromatic carbocycles. The van der Waals surface area contributed by atoms with E-state index in [1.54, 1.807) is 0 Å². The van der Waals surface area contributed by atoms with Crippen LogP contribution in [0.3, 0.4) is 0 Å². The van der Waals surface area contributed by atoms with Gasteiger partial charge in [0, 0.05) is 26.2 Å². The molecule has 0 spiro atoms. The first-order valence-electron chi connectivity index (χ1n) is 9.21. The Morgan fingerprint density at radius 3 is 2.15 bits per heavy atom. The number of hydrogen-bond donors (Lipinski definition) is 1. The summed E-state index contributed by atoms with van der Waals surface area (Å²) in [6.45, 7) is 11.0. The topological polar surface area (TPSA) is 111 Å². The fourth-order valence-electron chi connectivity index (χ4n) is 4.16. The first-order chi connectivity index (χ1) is 12.2. The predicted octanol–water partition coefficient (Wildman–Crippen LogP) is 2.06. The second kappa shape index (κ2) is 7.22. The summed E-state index contributed by atoms with van der Waals surface area (Å²) in [4.78, 5) is 24.0. The Balaban J connectivity index is 2.01. The highest BCUT2D eigenvalue weighted by Gasteiger charge is 2.33. The Morgan fingerprint density at radius 1 is 1.04 bits per heavy atom. The molecular weight excluding hydrogens is 336 g/mol. The van der Waals surface area contributed by atoms with Crippen LogP contribution in [0.4, 0.5) is 23.3 Å². The molecule has 3 rings (SSSR count). The first kappa shape index (κ1) is 18.6. The number of rotatable bonds is 3. The average Bonchev–Trinajstić information content (AvgIpc) is 2.51. The number of nitro groups is 1. The zero-order valence-electron chi connectivity index (χ0n) is 15.9. The second-order valence-electron chi connectivity index (χ2n) is 7.85. The molecule has 0 radical (unpaired) electrons. The minimum absolute atomic E-state index is 0.0342. The minimum Gasteiger partial charge on any atom is -0.378 e. The third-order valence-electron chi connectivity index (χ3n) is 4.93. The summed E-state index contributed by atoms with van der Waals surface area (Å²) in [5, 5.41) is 11.6. The summed E-state index contributed by atoms with van der Waals surface area (Å²) in [5.74, 6) is 1.74. The van der Waals surface area contributed by atoms with Gasteiger partial charge in [0.15, 0.2) is 0 Å². The van der Waals surface area contributed by atoms with Crippen molar-refractivity contribution in [2.24, 2.45) is 11.8 Å². The number of morpholine rings is 1. The van der Waals surface area contributed by atoms with Crippen LogP contribution in [0.25, 0.3) is 0 Å². The van der Waals surface area contributed by atoms with Crippen molar-refractivity contribution in [2.45, 2.75) is 46.3 Å². The van der Waals surface area contributed by atoms with Crippen LogP contribution < -0.4 is 15.5 Å². The second-order valence-corrected chi connectivity index (χ2v) is 7.85. The van der Waals surface area contributed by atoms with Gasteiger partial charge in [-0.15, -0.1) is 0 Å². The molecule has 4 atom stereocenters. The molecular formula is C17H28N6O3. The number of aromatic nitrogens is 2. The van der Waals surface area contributed by atoms with E-state index in [1.165, 1.54) is 0 Å². The Bertz CT molecular complexity index is 665. The van der Waals surface area contributed by atoms with Crippen molar-refractivity contribution in [1.82, 2.24) is 9.97 Å². The largest absolute Gasteiger partial charge is 0.378 e. The molecule has 9 nitrogen and oxygen atoms in total. The molecule has 2 fully saturated rings. The fraction of sp³-hybridized carbons (Fsp3) is 0.765. The van der Waals surface area contributed by atoms with Gasteiger partial charge in [-0.25, -0.2) is 0 Å². The van der Waals surface area contributed by atoms with E-state index >= 15 is 0 Å². The number of nitrogen functional groups attached to an aromatic ring is 1. The van der Waals surface area contributed by atoms with Gasteiger partial charge >= 0.3 is 5.69 Å². The Morgan fingerprint density at radius 2 is 1.62 bits per heavy atom. The van der Waals surface area contributed by atoms with E-state index in [9.17, 15) is 10.1 Å². The van der Waals surface area contributed by atoms with Crippen molar-refractivity contribution >= 4 is 23.3 Å². The van der Waals surface area contributed by atoms with Gasteiger partial charge in [0.2, 0.25) is 17.6 Å². The molecule has 0 saturated carbocycles. The van der Waals surface area contributed by atoms with Gasteiger partial charge in [-0.2, -0.15) is 9.97 Å². The third-order valence-corrected chi connectivity index (χ3v) is 4.93. The Labute approximate surface area is 153 Å².